The van der Waals surface area contributed by atoms with Crippen LogP contribution >= 0.6 is 0 Å². The van der Waals surface area contributed by atoms with Gasteiger partial charge in [0.25, 0.3) is 0 Å². The number of unbranched alkanes of at least 4 members (excludes halogenated alkanes) is 20. The van der Waals surface area contributed by atoms with Gasteiger partial charge in [0.15, 0.2) is 0 Å². The molecule has 66 heavy (non-hydrogen) atoms. The van der Waals surface area contributed by atoms with Crippen molar-refractivity contribution >= 4 is 11.4 Å². The molecule has 2 nitrogen and oxygen atoms in total. The number of hydrogen-bond donors (Lipinski definition) is 0. The van der Waals surface area contributed by atoms with Crippen molar-refractivity contribution in [1.82, 2.24) is 0 Å². The van der Waals surface area contributed by atoms with E-state index in [-0.39, 0.29) is 16.5 Å². The van der Waals surface area contributed by atoms with Gasteiger partial charge in [0.2, 0.25) is 11.4 Å². The summed E-state index contributed by atoms with van der Waals surface area (Å²) in [5.74, 6) is 0. The van der Waals surface area contributed by atoms with E-state index in [1.54, 1.807) is 15.8 Å². The van der Waals surface area contributed by atoms with Crippen molar-refractivity contribution in [3.63, 3.8) is 0 Å². The number of nitrogens with zero attached hydrogens (tertiary/aromatic N) is 2. The second-order valence-electron chi connectivity index (χ2n) is 19.6. The van der Waals surface area contributed by atoms with Gasteiger partial charge in [0, 0.05) is 22.8 Å². The van der Waals surface area contributed by atoms with Crippen LogP contribution in [0.15, 0.2) is 35.9 Å². The molecule has 0 amide bonds. The molecule has 0 saturated carbocycles. The molecule has 0 saturated heterocycles. The second kappa shape index (κ2) is 43.1. The molecule has 380 valence electrons. The van der Waals surface area contributed by atoms with Gasteiger partial charge in [-0.2, -0.15) is 12.8 Å². The molecule has 3 heteroatoms. The van der Waals surface area contributed by atoms with Gasteiger partial charge in [-0.05, 0) is 109 Å². The van der Waals surface area contributed by atoms with Crippen molar-refractivity contribution in [1.29, 1.82) is 0 Å². The van der Waals surface area contributed by atoms with Crippen LogP contribution in [-0.4, -0.2) is 4.70 Å². The Labute approximate surface area is 423 Å². The van der Waals surface area contributed by atoms with Crippen LogP contribution < -0.4 is 0 Å². The molecule has 0 atom stereocenters. The molecule has 0 fully saturated rings. The minimum absolute atomic E-state index is 0. The zero-order valence-electron chi connectivity index (χ0n) is 45.5. The van der Waals surface area contributed by atoms with Crippen molar-refractivity contribution in [2.24, 2.45) is 0 Å². The minimum Gasteiger partial charge on any atom is -0.493 e. The van der Waals surface area contributed by atoms with Crippen molar-refractivity contribution < 1.29 is 21.2 Å². The number of hydrogen-bond acceptors (Lipinski definition) is 0. The Bertz CT molecular complexity index is 1470. The third-order valence-corrected chi connectivity index (χ3v) is 13.3. The van der Waals surface area contributed by atoms with Gasteiger partial charge in [-0.3, -0.25) is 0 Å². The Balaban J connectivity index is 0.00000138. The summed E-state index contributed by atoms with van der Waals surface area (Å²) in [5, 5.41) is 0. The number of aryl methyl sites for hydroxylation is 4. The Morgan fingerprint density at radius 1 is 0.364 bits per heavy atom. The van der Waals surface area contributed by atoms with Crippen LogP contribution in [0.3, 0.4) is 0 Å². The third-order valence-electron chi connectivity index (χ3n) is 13.3. The summed E-state index contributed by atoms with van der Waals surface area (Å²) in [6, 6.07) is 9.62. The summed E-state index contributed by atoms with van der Waals surface area (Å²) in [4.78, 5) is 0. The molecule has 1 aliphatic heterocycles. The van der Waals surface area contributed by atoms with E-state index in [2.05, 4.69) is 107 Å². The minimum atomic E-state index is 0. The molecule has 0 aliphatic carbocycles. The molecule has 2 aromatic rings. The molecule has 0 aromatic heterocycles. The summed E-state index contributed by atoms with van der Waals surface area (Å²) < 4.78 is 1.56. The van der Waals surface area contributed by atoms with E-state index >= 15 is 0 Å². The zero-order valence-corrected chi connectivity index (χ0v) is 46.5. The first-order chi connectivity index (χ1) is 31.8. The standard InChI is InChI=1S/C39H58N2.2C12H25.Ni/c1-8-15-16-23-33-28-38(34-24-29(17-9-2)36(21-13-6)30(25-34)18-10-3)41(40)39(33)35-26-31(19-11-4)37(22-14-7)32(27-35)20-12-5;2*1-3-5-7-9-11-12-10-8-6-4-2;/h24-28H,8-23H2,1-7H3;2*1,3-12H2,2H3;/q;2*-1;+2. The Morgan fingerprint density at radius 3 is 0.985 bits per heavy atom. The van der Waals surface area contributed by atoms with Crippen molar-refractivity contribution in [2.45, 2.75) is 293 Å². The van der Waals surface area contributed by atoms with Gasteiger partial charge in [0.1, 0.15) is 0 Å². The number of allylic oxidation sites excluding steroid dienone is 2. The third kappa shape index (κ3) is 25.6. The summed E-state index contributed by atoms with van der Waals surface area (Å²) in [5.41, 5.74) is 26.7. The number of rotatable bonds is 36. The molecule has 1 heterocycles. The molecule has 3 rings (SSSR count). The SMILES string of the molecule is CCCCCC1=C(c2cc(CCC)c(CCC)c(CCC)c2)[N+](=[N-])C(c2cc(CCC)c(CCC)c(CCC)c2)=C1.[CH2-]CCCCCCCCCCC.[CH2-]CCCCCCCCCCC.[Ni+2]. The molecule has 0 radical (unpaired) electrons. The molecular formula is C63H108N2Ni. The Hall–Kier alpha value is -1.99. The van der Waals surface area contributed by atoms with Gasteiger partial charge < -0.3 is 19.4 Å². The van der Waals surface area contributed by atoms with E-state index in [1.807, 2.05) is 0 Å². The van der Waals surface area contributed by atoms with Gasteiger partial charge in [-0.15, -0.1) is 0 Å². The van der Waals surface area contributed by atoms with E-state index in [1.165, 1.54) is 180 Å². The maximum atomic E-state index is 12.0. The van der Waals surface area contributed by atoms with Gasteiger partial charge in [-0.25, -0.2) is 4.70 Å². The van der Waals surface area contributed by atoms with Crippen LogP contribution in [0, 0.1) is 13.8 Å². The summed E-state index contributed by atoms with van der Waals surface area (Å²) >= 11 is 0. The van der Waals surface area contributed by atoms with Gasteiger partial charge in [-0.1, -0.05) is 229 Å². The topological polar surface area (TPSA) is 25.3 Å². The Kier molecular flexibility index (Phi) is 41.8. The fraction of sp³-hybridized carbons (Fsp3) is 0.714. The molecule has 0 bridgehead atoms. The first-order valence-electron chi connectivity index (χ1n) is 28.6. The number of benzene rings is 2. The summed E-state index contributed by atoms with van der Waals surface area (Å²) in [6.45, 7) is 28.2. The van der Waals surface area contributed by atoms with Crippen LogP contribution in [0.1, 0.15) is 299 Å². The van der Waals surface area contributed by atoms with Crippen molar-refractivity contribution in [2.75, 3.05) is 0 Å². The van der Waals surface area contributed by atoms with Gasteiger partial charge in [0.05, 0.1) is 0 Å². The van der Waals surface area contributed by atoms with Crippen LogP contribution in [0.25, 0.3) is 16.9 Å². The molecule has 1 aliphatic rings. The Morgan fingerprint density at radius 2 is 0.667 bits per heavy atom. The average molecular weight is 952 g/mol. The fourth-order valence-electron chi connectivity index (χ4n) is 9.79. The van der Waals surface area contributed by atoms with Gasteiger partial charge >= 0.3 is 16.5 Å². The first kappa shape index (κ1) is 64.0. The van der Waals surface area contributed by atoms with Crippen LogP contribution in [0.5, 0.6) is 0 Å². The van der Waals surface area contributed by atoms with Crippen LogP contribution in [0.4, 0.5) is 0 Å². The second-order valence-corrected chi connectivity index (χ2v) is 19.6. The summed E-state index contributed by atoms with van der Waals surface area (Å²) in [6.07, 6.45) is 48.3. The maximum absolute atomic E-state index is 12.0. The largest absolute Gasteiger partial charge is 2.00 e. The quantitative estimate of drug-likeness (QED) is 0.0282. The average Bonchev–Trinajstić information content (AvgIpc) is 3.63. The molecule has 0 N–H and O–H groups in total. The van der Waals surface area contributed by atoms with E-state index in [0.29, 0.717) is 0 Å². The normalized spacial score (nSPS) is 12.2. The fourth-order valence-corrected chi connectivity index (χ4v) is 9.79. The molecule has 0 unspecified atom stereocenters. The van der Waals surface area contributed by atoms with Crippen molar-refractivity contribution in [3.8, 4) is 0 Å². The maximum Gasteiger partial charge on any atom is 2.00 e. The predicted molar refractivity (Wildman–Crippen MR) is 294 cm³/mol. The van der Waals surface area contributed by atoms with E-state index in [0.717, 1.165) is 101 Å². The van der Waals surface area contributed by atoms with Crippen molar-refractivity contribution in [3.05, 3.63) is 99.8 Å². The first-order valence-corrected chi connectivity index (χ1v) is 28.6. The van der Waals surface area contributed by atoms with Crippen LogP contribution in [0.2, 0.25) is 0 Å². The molecular weight excluding hydrogens is 843 g/mol. The molecule has 0 spiro atoms. The van der Waals surface area contributed by atoms with E-state index in [9.17, 15) is 5.53 Å². The zero-order chi connectivity index (χ0) is 47.9. The predicted octanol–water partition coefficient (Wildman–Crippen LogP) is 21.3. The molecule has 2 aromatic carbocycles. The van der Waals surface area contributed by atoms with E-state index < -0.39 is 0 Å². The van der Waals surface area contributed by atoms with E-state index in [4.69, 9.17) is 0 Å². The van der Waals surface area contributed by atoms with Crippen LogP contribution in [-0.2, 0) is 55.0 Å². The monoisotopic (exact) mass is 951 g/mol. The smallest absolute Gasteiger partial charge is 0.493 e. The summed E-state index contributed by atoms with van der Waals surface area (Å²) in [7, 11) is 0.